The molecular formula is C14H17N5O3S. The minimum absolute atomic E-state index is 0.137. The topological polar surface area (TPSA) is 114 Å². The van der Waals surface area contributed by atoms with Crippen molar-refractivity contribution in [3.63, 3.8) is 0 Å². The highest BCUT2D eigenvalue weighted by molar-refractivity contribution is 7.13. The van der Waals surface area contributed by atoms with Crippen LogP contribution in [0.15, 0.2) is 17.6 Å². The van der Waals surface area contributed by atoms with Gasteiger partial charge in [0.1, 0.15) is 12.2 Å². The Kier molecular flexibility index (Phi) is 4.28. The van der Waals surface area contributed by atoms with Crippen molar-refractivity contribution in [1.82, 2.24) is 14.8 Å². The molecule has 1 atom stereocenters. The molecule has 0 aliphatic carbocycles. The Hall–Kier alpha value is -2.42. The Bertz CT molecular complexity index is 726. The first-order chi connectivity index (χ1) is 11.0. The van der Waals surface area contributed by atoms with E-state index in [1.165, 1.54) is 16.0 Å². The summed E-state index contributed by atoms with van der Waals surface area (Å²) < 4.78 is 1.53. The number of nitrogens with zero attached hydrogens (tertiary/aromatic N) is 4. The van der Waals surface area contributed by atoms with Crippen molar-refractivity contribution in [2.75, 3.05) is 18.0 Å². The van der Waals surface area contributed by atoms with Gasteiger partial charge in [-0.15, -0.1) is 11.3 Å². The second-order valence-electron chi connectivity index (χ2n) is 5.47. The Balaban J connectivity index is 1.76. The summed E-state index contributed by atoms with van der Waals surface area (Å²) in [6, 6.07) is 1.87. The number of carbonyl (C=O) groups is 2. The summed E-state index contributed by atoms with van der Waals surface area (Å²) in [6.07, 6.45) is 3.57. The average molecular weight is 335 g/mol. The van der Waals surface area contributed by atoms with E-state index in [-0.39, 0.29) is 18.2 Å². The monoisotopic (exact) mass is 335 g/mol. The van der Waals surface area contributed by atoms with E-state index < -0.39 is 11.9 Å². The molecule has 122 valence electrons. The van der Waals surface area contributed by atoms with E-state index in [1.54, 1.807) is 11.6 Å². The second kappa shape index (κ2) is 6.37. The molecule has 1 aliphatic heterocycles. The lowest BCUT2D eigenvalue weighted by molar-refractivity contribution is -0.137. The number of hydrogen-bond acceptors (Lipinski definition) is 6. The summed E-state index contributed by atoms with van der Waals surface area (Å²) in [5, 5.41) is 15.5. The van der Waals surface area contributed by atoms with Crippen molar-refractivity contribution in [3.8, 4) is 0 Å². The molecular weight excluding hydrogens is 318 g/mol. The summed E-state index contributed by atoms with van der Waals surface area (Å²) in [5.74, 6) is -1.25. The molecule has 1 aliphatic rings. The summed E-state index contributed by atoms with van der Waals surface area (Å²) in [6.45, 7) is 1.44. The number of piperidine rings is 1. The number of hydrogen-bond donors (Lipinski definition) is 2. The summed E-state index contributed by atoms with van der Waals surface area (Å²) in [5.41, 5.74) is 6.45. The molecule has 1 fully saturated rings. The third-order valence-electron chi connectivity index (χ3n) is 3.89. The molecule has 3 rings (SSSR count). The quantitative estimate of drug-likeness (QED) is 0.839. The van der Waals surface area contributed by atoms with Gasteiger partial charge in [-0.2, -0.15) is 5.10 Å². The molecule has 23 heavy (non-hydrogen) atoms. The third kappa shape index (κ3) is 3.34. The number of nitrogens with two attached hydrogens (primary N) is 1. The lowest BCUT2D eigenvalue weighted by atomic mass is 9.95. The highest BCUT2D eigenvalue weighted by atomic mass is 32.1. The average Bonchev–Trinajstić information content (AvgIpc) is 3.15. The van der Waals surface area contributed by atoms with Gasteiger partial charge >= 0.3 is 5.97 Å². The molecule has 1 amide bonds. The molecule has 0 unspecified atom stereocenters. The van der Waals surface area contributed by atoms with E-state index >= 15 is 0 Å². The van der Waals surface area contributed by atoms with Crippen LogP contribution in [-0.4, -0.2) is 44.8 Å². The number of rotatable bonds is 5. The number of primary amides is 1. The van der Waals surface area contributed by atoms with Crippen LogP contribution in [0.2, 0.25) is 0 Å². The first kappa shape index (κ1) is 15.5. The van der Waals surface area contributed by atoms with E-state index in [2.05, 4.69) is 15.0 Å². The standard InChI is InChI=1S/C14H17N5O3S/c15-13(22)10-8-23-14(17-10)18-5-1-2-9(6-18)11-3-4-16-19(11)7-12(20)21/h3-4,8-9H,1-2,5-7H2,(H2,15,22)(H,20,21)/t9-/m1/s1. The number of thiazole rings is 1. The van der Waals surface area contributed by atoms with Crippen LogP contribution >= 0.6 is 11.3 Å². The zero-order valence-electron chi connectivity index (χ0n) is 12.4. The smallest absolute Gasteiger partial charge is 0.325 e. The number of carboxylic acid groups (broad SMARTS) is 1. The highest BCUT2D eigenvalue weighted by Crippen LogP contribution is 2.31. The number of aliphatic carboxylic acids is 1. The zero-order valence-corrected chi connectivity index (χ0v) is 13.2. The van der Waals surface area contributed by atoms with Crippen molar-refractivity contribution < 1.29 is 14.7 Å². The van der Waals surface area contributed by atoms with Crippen molar-refractivity contribution in [1.29, 1.82) is 0 Å². The molecule has 3 heterocycles. The van der Waals surface area contributed by atoms with Crippen LogP contribution < -0.4 is 10.6 Å². The van der Waals surface area contributed by atoms with Crippen LogP contribution in [-0.2, 0) is 11.3 Å². The molecule has 0 saturated carbocycles. The Morgan fingerprint density at radius 3 is 3.00 bits per heavy atom. The number of anilines is 1. The fourth-order valence-electron chi connectivity index (χ4n) is 2.86. The maximum Gasteiger partial charge on any atom is 0.325 e. The van der Waals surface area contributed by atoms with Gasteiger partial charge in [-0.05, 0) is 18.9 Å². The number of aromatic nitrogens is 3. The van der Waals surface area contributed by atoms with Gasteiger partial charge < -0.3 is 15.7 Å². The Morgan fingerprint density at radius 1 is 1.48 bits per heavy atom. The lowest BCUT2D eigenvalue weighted by Crippen LogP contribution is -2.35. The molecule has 0 aromatic carbocycles. The number of carbonyl (C=O) groups excluding carboxylic acids is 1. The second-order valence-corrected chi connectivity index (χ2v) is 6.31. The number of carboxylic acids is 1. The largest absolute Gasteiger partial charge is 0.480 e. The predicted molar refractivity (Wildman–Crippen MR) is 84.7 cm³/mol. The van der Waals surface area contributed by atoms with Gasteiger partial charge in [-0.3, -0.25) is 14.3 Å². The maximum absolute atomic E-state index is 11.2. The van der Waals surface area contributed by atoms with Gasteiger partial charge in [-0.1, -0.05) is 0 Å². The molecule has 0 spiro atoms. The normalized spacial score (nSPS) is 18.1. The molecule has 0 bridgehead atoms. The van der Waals surface area contributed by atoms with Gasteiger partial charge in [0.05, 0.1) is 0 Å². The minimum atomic E-state index is -0.909. The van der Waals surface area contributed by atoms with Gasteiger partial charge in [0.15, 0.2) is 5.13 Å². The molecule has 8 nitrogen and oxygen atoms in total. The molecule has 2 aromatic rings. The SMILES string of the molecule is NC(=O)c1csc(N2CCC[C@@H](c3ccnn3CC(=O)O)C2)n1. The van der Waals surface area contributed by atoms with Crippen LogP contribution in [0.1, 0.15) is 34.9 Å². The van der Waals surface area contributed by atoms with Gasteiger partial charge in [0.2, 0.25) is 0 Å². The summed E-state index contributed by atoms with van der Waals surface area (Å²) in [4.78, 5) is 28.5. The maximum atomic E-state index is 11.2. The van der Waals surface area contributed by atoms with E-state index in [9.17, 15) is 9.59 Å². The van der Waals surface area contributed by atoms with Crippen molar-refractivity contribution in [2.24, 2.45) is 5.73 Å². The van der Waals surface area contributed by atoms with Crippen LogP contribution in [0.5, 0.6) is 0 Å². The zero-order chi connectivity index (χ0) is 16.4. The van der Waals surface area contributed by atoms with Crippen LogP contribution in [0.25, 0.3) is 0 Å². The minimum Gasteiger partial charge on any atom is -0.480 e. The van der Waals surface area contributed by atoms with Gasteiger partial charge in [0.25, 0.3) is 5.91 Å². The fraction of sp³-hybridized carbons (Fsp3) is 0.429. The van der Waals surface area contributed by atoms with Gasteiger partial charge in [0, 0.05) is 36.3 Å². The van der Waals surface area contributed by atoms with E-state index in [0.29, 0.717) is 0 Å². The van der Waals surface area contributed by atoms with Crippen LogP contribution in [0.4, 0.5) is 5.13 Å². The van der Waals surface area contributed by atoms with Crippen molar-refractivity contribution in [2.45, 2.75) is 25.3 Å². The van der Waals surface area contributed by atoms with E-state index in [0.717, 1.165) is 36.8 Å². The molecule has 3 N–H and O–H groups in total. The summed E-state index contributed by atoms with van der Waals surface area (Å²) in [7, 11) is 0. The van der Waals surface area contributed by atoms with Crippen molar-refractivity contribution in [3.05, 3.63) is 29.0 Å². The predicted octanol–water partition coefficient (Wildman–Crippen LogP) is 0.907. The molecule has 9 heteroatoms. The fourth-order valence-corrected chi connectivity index (χ4v) is 3.72. The highest BCUT2D eigenvalue weighted by Gasteiger charge is 2.26. The third-order valence-corrected chi connectivity index (χ3v) is 4.79. The first-order valence-electron chi connectivity index (χ1n) is 7.28. The molecule has 0 radical (unpaired) electrons. The van der Waals surface area contributed by atoms with Crippen molar-refractivity contribution >= 4 is 28.3 Å². The number of amides is 1. The van der Waals surface area contributed by atoms with E-state index in [1.807, 2.05) is 6.07 Å². The summed E-state index contributed by atoms with van der Waals surface area (Å²) >= 11 is 1.40. The Labute approximate surface area is 136 Å². The lowest BCUT2D eigenvalue weighted by Gasteiger charge is -2.32. The van der Waals surface area contributed by atoms with Gasteiger partial charge in [-0.25, -0.2) is 4.98 Å². The molecule has 1 saturated heterocycles. The van der Waals surface area contributed by atoms with E-state index in [4.69, 9.17) is 10.8 Å². The van der Waals surface area contributed by atoms with Crippen LogP contribution in [0.3, 0.4) is 0 Å². The molecule has 2 aromatic heterocycles. The Morgan fingerprint density at radius 2 is 2.30 bits per heavy atom. The first-order valence-corrected chi connectivity index (χ1v) is 8.16. The van der Waals surface area contributed by atoms with Crippen LogP contribution in [0, 0.1) is 0 Å².